The Hall–Kier alpha value is -2.93. The molecular weight excluding hydrogens is 374 g/mol. The summed E-state index contributed by atoms with van der Waals surface area (Å²) in [5.41, 5.74) is 2.82. The molecule has 2 aliphatic rings. The maximum Gasteiger partial charge on any atom is 0.232 e. The first-order chi connectivity index (χ1) is 13.6. The van der Waals surface area contributed by atoms with E-state index < -0.39 is 0 Å². The Kier molecular flexibility index (Phi) is 5.00. The van der Waals surface area contributed by atoms with Crippen LogP contribution in [0.25, 0.3) is 0 Å². The Balaban J connectivity index is 1.48. The number of anilines is 1. The molecule has 28 heavy (non-hydrogen) atoms. The minimum atomic E-state index is -0.0358. The van der Waals surface area contributed by atoms with Gasteiger partial charge in [-0.2, -0.15) is 0 Å². The van der Waals surface area contributed by atoms with Crippen LogP contribution in [-0.2, 0) is 11.2 Å². The summed E-state index contributed by atoms with van der Waals surface area (Å²) < 4.78 is 10.6. The summed E-state index contributed by atoms with van der Waals surface area (Å²) >= 11 is 1.58. The van der Waals surface area contributed by atoms with Crippen LogP contribution in [0.5, 0.6) is 11.5 Å². The standard InChI is InChI=1S/C21H21N3O3S/c1-26-16-8-7-13(11-17(16)27-2)9-10-24-19(25)12-14(20(24)22)21-23-15-5-3-4-6-18(15)28-21/h3-8,11,22-23H,9-10,12H2,1-2H3/b21-14+,22-20?. The largest absolute Gasteiger partial charge is 0.493 e. The van der Waals surface area contributed by atoms with Crippen molar-refractivity contribution in [1.82, 2.24) is 4.90 Å². The Morgan fingerprint density at radius 2 is 1.93 bits per heavy atom. The number of likely N-dealkylation sites (tertiary alicyclic amines) is 1. The second-order valence-electron chi connectivity index (χ2n) is 6.54. The zero-order valence-corrected chi connectivity index (χ0v) is 16.6. The molecule has 0 saturated carbocycles. The van der Waals surface area contributed by atoms with Gasteiger partial charge in [0.25, 0.3) is 0 Å². The number of nitrogens with one attached hydrogen (secondary N) is 2. The van der Waals surface area contributed by atoms with Gasteiger partial charge in [-0.25, -0.2) is 0 Å². The fourth-order valence-corrected chi connectivity index (χ4v) is 4.42. The first-order valence-corrected chi connectivity index (χ1v) is 9.79. The molecule has 0 aromatic heterocycles. The van der Waals surface area contributed by atoms with E-state index in [0.717, 1.165) is 26.7 Å². The molecule has 1 amide bonds. The zero-order valence-electron chi connectivity index (χ0n) is 15.7. The minimum absolute atomic E-state index is 0.0358. The van der Waals surface area contributed by atoms with Crippen molar-refractivity contribution in [2.75, 3.05) is 26.1 Å². The van der Waals surface area contributed by atoms with Gasteiger partial charge in [0.1, 0.15) is 5.84 Å². The quantitative estimate of drug-likeness (QED) is 0.804. The van der Waals surface area contributed by atoms with E-state index in [1.165, 1.54) is 0 Å². The van der Waals surface area contributed by atoms with Gasteiger partial charge in [-0.3, -0.25) is 15.1 Å². The first kappa shape index (κ1) is 18.4. The number of hydrogen-bond donors (Lipinski definition) is 2. The second-order valence-corrected chi connectivity index (χ2v) is 7.59. The summed E-state index contributed by atoms with van der Waals surface area (Å²) in [7, 11) is 3.20. The van der Waals surface area contributed by atoms with Gasteiger partial charge in [0.15, 0.2) is 11.5 Å². The molecule has 144 valence electrons. The van der Waals surface area contributed by atoms with Crippen LogP contribution >= 0.6 is 11.8 Å². The molecule has 1 saturated heterocycles. The van der Waals surface area contributed by atoms with Crippen LogP contribution in [0.4, 0.5) is 5.69 Å². The van der Waals surface area contributed by atoms with E-state index in [2.05, 4.69) is 5.32 Å². The number of carbonyl (C=O) groups excluding carboxylic acids is 1. The molecule has 2 aromatic carbocycles. The van der Waals surface area contributed by atoms with Gasteiger partial charge in [-0.15, -0.1) is 0 Å². The van der Waals surface area contributed by atoms with Crippen LogP contribution in [0.2, 0.25) is 0 Å². The van der Waals surface area contributed by atoms with Gasteiger partial charge in [0.2, 0.25) is 5.91 Å². The average Bonchev–Trinajstić information content (AvgIpc) is 3.26. The molecule has 0 unspecified atom stereocenters. The van der Waals surface area contributed by atoms with Gasteiger partial charge in [-0.05, 0) is 36.2 Å². The number of fused-ring (bicyclic) bond motifs is 1. The number of carbonyl (C=O) groups is 1. The molecular formula is C21H21N3O3S. The van der Waals surface area contributed by atoms with Gasteiger partial charge in [0, 0.05) is 17.0 Å². The maximum atomic E-state index is 12.5. The van der Waals surface area contributed by atoms with Crippen molar-refractivity contribution in [2.45, 2.75) is 17.7 Å². The second kappa shape index (κ2) is 7.59. The van der Waals surface area contributed by atoms with Crippen molar-refractivity contribution >= 4 is 29.2 Å². The van der Waals surface area contributed by atoms with Crippen LogP contribution in [0.15, 0.2) is 58.0 Å². The number of amides is 1. The molecule has 0 bridgehead atoms. The first-order valence-electron chi connectivity index (χ1n) is 8.98. The van der Waals surface area contributed by atoms with Crippen LogP contribution in [0, 0.1) is 5.41 Å². The third-order valence-corrected chi connectivity index (χ3v) is 6.01. The number of ether oxygens (including phenoxy) is 2. The number of benzene rings is 2. The SMILES string of the molecule is COc1ccc(CCN2C(=N)/C(=C3\Nc4ccccc4S3)CC2=O)cc1OC. The third-order valence-electron chi connectivity index (χ3n) is 4.88. The number of amidine groups is 1. The summed E-state index contributed by atoms with van der Waals surface area (Å²) in [6.07, 6.45) is 0.895. The number of rotatable bonds is 5. The predicted octanol–water partition coefficient (Wildman–Crippen LogP) is 3.89. The number of nitrogens with zero attached hydrogens (tertiary/aromatic N) is 1. The molecule has 2 N–H and O–H groups in total. The Morgan fingerprint density at radius 1 is 1.14 bits per heavy atom. The number of para-hydroxylation sites is 1. The maximum absolute atomic E-state index is 12.5. The lowest BCUT2D eigenvalue weighted by atomic mass is 10.1. The van der Waals surface area contributed by atoms with Crippen LogP contribution in [0.3, 0.4) is 0 Å². The van der Waals surface area contributed by atoms with E-state index in [0.29, 0.717) is 24.5 Å². The van der Waals surface area contributed by atoms with E-state index in [9.17, 15) is 4.79 Å². The predicted molar refractivity (Wildman–Crippen MR) is 110 cm³/mol. The molecule has 2 aromatic rings. The van der Waals surface area contributed by atoms with Gasteiger partial charge in [-0.1, -0.05) is 30.0 Å². The summed E-state index contributed by atoms with van der Waals surface area (Å²) in [6.45, 7) is 0.460. The number of thioether (sulfide) groups is 1. The van der Waals surface area contributed by atoms with E-state index >= 15 is 0 Å². The summed E-state index contributed by atoms with van der Waals surface area (Å²) in [6, 6.07) is 13.7. The normalized spacial score (nSPS) is 18.3. The Bertz CT molecular complexity index is 960. The molecule has 2 heterocycles. The van der Waals surface area contributed by atoms with Crippen LogP contribution < -0.4 is 14.8 Å². The fraction of sp³-hybridized carbons (Fsp3) is 0.238. The minimum Gasteiger partial charge on any atom is -0.493 e. The van der Waals surface area contributed by atoms with E-state index in [-0.39, 0.29) is 18.2 Å². The fourth-order valence-electron chi connectivity index (χ4n) is 3.37. The highest BCUT2D eigenvalue weighted by atomic mass is 32.2. The molecule has 4 rings (SSSR count). The average molecular weight is 395 g/mol. The highest BCUT2D eigenvalue weighted by molar-refractivity contribution is 8.03. The van der Waals surface area contributed by atoms with Crippen molar-refractivity contribution in [1.29, 1.82) is 5.41 Å². The molecule has 0 atom stereocenters. The third kappa shape index (κ3) is 3.33. The van der Waals surface area contributed by atoms with E-state index in [4.69, 9.17) is 14.9 Å². The summed E-state index contributed by atoms with van der Waals surface area (Å²) in [4.78, 5) is 15.2. The van der Waals surface area contributed by atoms with Gasteiger partial charge in [0.05, 0.1) is 31.4 Å². The Morgan fingerprint density at radius 3 is 2.68 bits per heavy atom. The van der Waals surface area contributed by atoms with Crippen LogP contribution in [-0.4, -0.2) is 37.4 Å². The molecule has 7 heteroatoms. The molecule has 0 spiro atoms. The molecule has 0 radical (unpaired) electrons. The summed E-state index contributed by atoms with van der Waals surface area (Å²) in [5, 5.41) is 12.7. The van der Waals surface area contributed by atoms with Crippen molar-refractivity contribution < 1.29 is 14.3 Å². The van der Waals surface area contributed by atoms with Crippen molar-refractivity contribution in [3.63, 3.8) is 0 Å². The lowest BCUT2D eigenvalue weighted by Gasteiger charge is -2.16. The van der Waals surface area contributed by atoms with E-state index in [1.807, 2.05) is 42.5 Å². The molecule has 2 aliphatic heterocycles. The van der Waals surface area contributed by atoms with E-state index in [1.54, 1.807) is 30.9 Å². The smallest absolute Gasteiger partial charge is 0.232 e. The van der Waals surface area contributed by atoms with Gasteiger partial charge < -0.3 is 14.8 Å². The lowest BCUT2D eigenvalue weighted by Crippen LogP contribution is -2.31. The lowest BCUT2D eigenvalue weighted by molar-refractivity contribution is -0.125. The highest BCUT2D eigenvalue weighted by Gasteiger charge is 2.34. The monoisotopic (exact) mass is 395 g/mol. The topological polar surface area (TPSA) is 74.7 Å². The van der Waals surface area contributed by atoms with Crippen LogP contribution in [0.1, 0.15) is 12.0 Å². The molecule has 1 fully saturated rings. The highest BCUT2D eigenvalue weighted by Crippen LogP contribution is 2.43. The molecule has 6 nitrogen and oxygen atoms in total. The van der Waals surface area contributed by atoms with Crippen molar-refractivity contribution in [2.24, 2.45) is 0 Å². The molecule has 0 aliphatic carbocycles. The number of methoxy groups -OCH3 is 2. The van der Waals surface area contributed by atoms with Gasteiger partial charge >= 0.3 is 0 Å². The zero-order chi connectivity index (χ0) is 19.7. The summed E-state index contributed by atoms with van der Waals surface area (Å²) in [5.74, 6) is 1.58. The van der Waals surface area contributed by atoms with Crippen molar-refractivity contribution in [3.05, 3.63) is 58.6 Å². The Labute approximate surface area is 168 Å². The number of hydrogen-bond acceptors (Lipinski definition) is 6. The van der Waals surface area contributed by atoms with Crippen molar-refractivity contribution in [3.8, 4) is 11.5 Å².